The first-order valence-corrected chi connectivity index (χ1v) is 9.89. The summed E-state index contributed by atoms with van der Waals surface area (Å²) in [5.74, 6) is 0. The van der Waals surface area contributed by atoms with E-state index in [-0.39, 0.29) is 17.5 Å². The van der Waals surface area contributed by atoms with Crippen LogP contribution in [0.1, 0.15) is 11.6 Å². The molecule has 0 saturated carbocycles. The van der Waals surface area contributed by atoms with Gasteiger partial charge in [0.2, 0.25) is 10.0 Å². The predicted molar refractivity (Wildman–Crippen MR) is 96.0 cm³/mol. The summed E-state index contributed by atoms with van der Waals surface area (Å²) < 4.78 is 33.3. The molecule has 3 rings (SSSR count). The SMILES string of the molecule is O=S(=O)(NCC(c1cccnc1)N1CCOCC1)c1cccc(Cl)c1. The van der Waals surface area contributed by atoms with E-state index in [9.17, 15) is 8.42 Å². The molecule has 1 aromatic heterocycles. The van der Waals surface area contributed by atoms with Crippen molar-refractivity contribution in [3.8, 4) is 0 Å². The first-order valence-electron chi connectivity index (χ1n) is 8.03. The molecule has 6 nitrogen and oxygen atoms in total. The molecule has 1 N–H and O–H groups in total. The number of morpholine rings is 1. The average Bonchev–Trinajstić information content (AvgIpc) is 2.64. The summed E-state index contributed by atoms with van der Waals surface area (Å²) in [6.45, 7) is 3.02. The van der Waals surface area contributed by atoms with Gasteiger partial charge in [0.15, 0.2) is 0 Å². The number of hydrogen-bond acceptors (Lipinski definition) is 5. The maximum Gasteiger partial charge on any atom is 0.240 e. The van der Waals surface area contributed by atoms with Gasteiger partial charge in [-0.05, 0) is 29.8 Å². The van der Waals surface area contributed by atoms with Crippen molar-refractivity contribution in [3.05, 3.63) is 59.4 Å². The van der Waals surface area contributed by atoms with Crippen LogP contribution in [0.4, 0.5) is 0 Å². The Morgan fingerprint density at radius 2 is 2.04 bits per heavy atom. The first kappa shape index (κ1) is 18.3. The molecule has 2 aromatic rings. The Kier molecular flexibility index (Phi) is 6.03. The van der Waals surface area contributed by atoms with Gasteiger partial charge in [-0.15, -0.1) is 0 Å². The lowest BCUT2D eigenvalue weighted by atomic mass is 10.1. The van der Waals surface area contributed by atoms with Crippen LogP contribution in [-0.2, 0) is 14.8 Å². The zero-order valence-corrected chi connectivity index (χ0v) is 15.2. The third-order valence-corrected chi connectivity index (χ3v) is 5.79. The molecule has 1 unspecified atom stereocenters. The number of sulfonamides is 1. The van der Waals surface area contributed by atoms with E-state index < -0.39 is 10.0 Å². The van der Waals surface area contributed by atoms with E-state index in [2.05, 4.69) is 14.6 Å². The van der Waals surface area contributed by atoms with Crippen molar-refractivity contribution in [2.75, 3.05) is 32.8 Å². The Labute approximate surface area is 152 Å². The number of hydrogen-bond donors (Lipinski definition) is 1. The van der Waals surface area contributed by atoms with Crippen molar-refractivity contribution in [2.45, 2.75) is 10.9 Å². The summed E-state index contributed by atoms with van der Waals surface area (Å²) in [5, 5.41) is 0.389. The molecule has 134 valence electrons. The molecule has 0 aliphatic carbocycles. The fourth-order valence-electron chi connectivity index (χ4n) is 2.83. The van der Waals surface area contributed by atoms with Crippen LogP contribution in [0.25, 0.3) is 0 Å². The minimum atomic E-state index is -3.64. The molecule has 2 heterocycles. The van der Waals surface area contributed by atoms with Crippen LogP contribution >= 0.6 is 11.6 Å². The second-order valence-corrected chi connectivity index (χ2v) is 7.96. The molecule has 0 radical (unpaired) electrons. The van der Waals surface area contributed by atoms with E-state index in [1.54, 1.807) is 24.5 Å². The quantitative estimate of drug-likeness (QED) is 0.829. The minimum absolute atomic E-state index is 0.105. The highest BCUT2D eigenvalue weighted by Crippen LogP contribution is 2.22. The van der Waals surface area contributed by atoms with Crippen molar-refractivity contribution in [1.29, 1.82) is 0 Å². The van der Waals surface area contributed by atoms with Crippen molar-refractivity contribution < 1.29 is 13.2 Å². The van der Waals surface area contributed by atoms with Crippen LogP contribution in [0.5, 0.6) is 0 Å². The first-order chi connectivity index (χ1) is 12.1. The Morgan fingerprint density at radius 1 is 1.24 bits per heavy atom. The van der Waals surface area contributed by atoms with E-state index in [4.69, 9.17) is 16.3 Å². The standard InChI is InChI=1S/C17H20ClN3O3S/c18-15-4-1-5-16(11-15)25(22,23)20-13-17(14-3-2-6-19-12-14)21-7-9-24-10-8-21/h1-6,11-12,17,20H,7-10,13H2. The van der Waals surface area contributed by atoms with Crippen LogP contribution in [0.15, 0.2) is 53.7 Å². The number of nitrogens with one attached hydrogen (secondary N) is 1. The molecule has 8 heteroatoms. The molecule has 0 spiro atoms. The molecule has 1 atom stereocenters. The Hall–Kier alpha value is -1.51. The smallest absolute Gasteiger partial charge is 0.240 e. The highest BCUT2D eigenvalue weighted by Gasteiger charge is 2.25. The summed E-state index contributed by atoms with van der Waals surface area (Å²) in [4.78, 5) is 6.53. The van der Waals surface area contributed by atoms with Crippen LogP contribution in [-0.4, -0.2) is 51.1 Å². The number of halogens is 1. The van der Waals surface area contributed by atoms with E-state index >= 15 is 0 Å². The molecule has 1 saturated heterocycles. The predicted octanol–water partition coefficient (Wildman–Crippen LogP) is 2.09. The monoisotopic (exact) mass is 381 g/mol. The van der Waals surface area contributed by atoms with Crippen molar-refractivity contribution >= 4 is 21.6 Å². The van der Waals surface area contributed by atoms with Gasteiger partial charge in [0, 0.05) is 37.1 Å². The second kappa shape index (κ2) is 8.25. The maximum absolute atomic E-state index is 12.6. The molecule has 1 aliphatic heterocycles. The summed E-state index contributed by atoms with van der Waals surface area (Å²) >= 11 is 5.91. The molecule has 25 heavy (non-hydrogen) atoms. The summed E-state index contributed by atoms with van der Waals surface area (Å²) in [6.07, 6.45) is 3.48. The summed E-state index contributed by atoms with van der Waals surface area (Å²) in [7, 11) is -3.64. The van der Waals surface area contributed by atoms with Gasteiger partial charge in [-0.2, -0.15) is 0 Å². The molecule has 1 aliphatic rings. The lowest BCUT2D eigenvalue weighted by Gasteiger charge is -2.34. The van der Waals surface area contributed by atoms with Crippen LogP contribution < -0.4 is 4.72 Å². The Morgan fingerprint density at radius 3 is 2.72 bits per heavy atom. The van der Waals surface area contributed by atoms with E-state index in [1.807, 2.05) is 12.1 Å². The minimum Gasteiger partial charge on any atom is -0.379 e. The van der Waals surface area contributed by atoms with Crippen molar-refractivity contribution in [2.24, 2.45) is 0 Å². The lowest BCUT2D eigenvalue weighted by Crippen LogP contribution is -2.43. The maximum atomic E-state index is 12.6. The number of aromatic nitrogens is 1. The fraction of sp³-hybridized carbons (Fsp3) is 0.353. The average molecular weight is 382 g/mol. The second-order valence-electron chi connectivity index (χ2n) is 5.76. The third-order valence-electron chi connectivity index (χ3n) is 4.13. The summed E-state index contributed by atoms with van der Waals surface area (Å²) in [5.41, 5.74) is 0.971. The van der Waals surface area contributed by atoms with Crippen LogP contribution in [0.3, 0.4) is 0 Å². The molecule has 0 bridgehead atoms. The molecule has 1 fully saturated rings. The topological polar surface area (TPSA) is 71.5 Å². The number of nitrogens with zero attached hydrogens (tertiary/aromatic N) is 2. The van der Waals surface area contributed by atoms with Gasteiger partial charge < -0.3 is 4.74 Å². The zero-order chi connectivity index (χ0) is 17.7. The van der Waals surface area contributed by atoms with E-state index in [1.165, 1.54) is 12.1 Å². The lowest BCUT2D eigenvalue weighted by molar-refractivity contribution is 0.0171. The molecular weight excluding hydrogens is 362 g/mol. The van der Waals surface area contributed by atoms with Crippen molar-refractivity contribution in [1.82, 2.24) is 14.6 Å². The van der Waals surface area contributed by atoms with E-state index in [0.717, 1.165) is 18.7 Å². The van der Waals surface area contributed by atoms with Gasteiger partial charge in [0.25, 0.3) is 0 Å². The van der Waals surface area contributed by atoms with Crippen molar-refractivity contribution in [3.63, 3.8) is 0 Å². The van der Waals surface area contributed by atoms with Gasteiger partial charge in [-0.25, -0.2) is 13.1 Å². The highest BCUT2D eigenvalue weighted by molar-refractivity contribution is 7.89. The van der Waals surface area contributed by atoms with E-state index in [0.29, 0.717) is 18.2 Å². The zero-order valence-electron chi connectivity index (χ0n) is 13.6. The number of ether oxygens (including phenoxy) is 1. The Bertz CT molecular complexity index is 796. The Balaban J connectivity index is 1.78. The van der Waals surface area contributed by atoms with Gasteiger partial charge in [0.1, 0.15) is 0 Å². The van der Waals surface area contributed by atoms with Crippen LogP contribution in [0.2, 0.25) is 5.02 Å². The summed E-state index contributed by atoms with van der Waals surface area (Å²) in [6, 6.07) is 9.95. The third kappa shape index (κ3) is 4.77. The van der Waals surface area contributed by atoms with Crippen LogP contribution in [0, 0.1) is 0 Å². The molecular formula is C17H20ClN3O3S. The number of benzene rings is 1. The largest absolute Gasteiger partial charge is 0.379 e. The van der Waals surface area contributed by atoms with Gasteiger partial charge >= 0.3 is 0 Å². The van der Waals surface area contributed by atoms with Gasteiger partial charge in [0.05, 0.1) is 24.2 Å². The van der Waals surface area contributed by atoms with Gasteiger partial charge in [-0.1, -0.05) is 23.7 Å². The molecule has 1 aromatic carbocycles. The molecule has 0 amide bonds. The number of pyridine rings is 1. The number of rotatable bonds is 6. The fourth-order valence-corrected chi connectivity index (χ4v) is 4.16. The van der Waals surface area contributed by atoms with Gasteiger partial charge in [-0.3, -0.25) is 9.88 Å². The highest BCUT2D eigenvalue weighted by atomic mass is 35.5. The normalized spacial score (nSPS) is 17.3.